The van der Waals surface area contributed by atoms with Gasteiger partial charge in [0.1, 0.15) is 11.6 Å². The molecule has 160 valence electrons. The molecule has 1 aromatic carbocycles. The first-order valence-electron chi connectivity index (χ1n) is 10.6. The average Bonchev–Trinajstić information content (AvgIpc) is 3.34. The summed E-state index contributed by atoms with van der Waals surface area (Å²) in [7, 11) is 0. The zero-order valence-corrected chi connectivity index (χ0v) is 17.7. The molecule has 0 bridgehead atoms. The highest BCUT2D eigenvalue weighted by molar-refractivity contribution is 6.15. The number of Topliss-reactive ketones (excluding diaryl/α,β-unsaturated/α-hetero) is 1. The Balaban J connectivity index is 1.73. The van der Waals surface area contributed by atoms with E-state index in [1.807, 2.05) is 18.2 Å². The van der Waals surface area contributed by atoms with Gasteiger partial charge in [-0.2, -0.15) is 0 Å². The summed E-state index contributed by atoms with van der Waals surface area (Å²) in [5.41, 5.74) is 1.12. The van der Waals surface area contributed by atoms with Crippen LogP contribution in [0.2, 0.25) is 0 Å². The minimum Gasteiger partial charge on any atom is -0.503 e. The van der Waals surface area contributed by atoms with Crippen LogP contribution >= 0.6 is 0 Å². The molecule has 1 aliphatic rings. The zero-order chi connectivity index (χ0) is 22.0. The molecule has 0 saturated heterocycles. The molecule has 1 atom stereocenters. The molecule has 2 N–H and O–H groups in total. The number of para-hydroxylation sites is 1. The van der Waals surface area contributed by atoms with Crippen LogP contribution in [0.5, 0.6) is 0 Å². The fraction of sp³-hybridized carbons (Fsp3) is 0.292. The number of nitrogens with zero attached hydrogens (tertiary/aromatic N) is 2. The molecule has 7 heteroatoms. The largest absolute Gasteiger partial charge is 0.503 e. The first-order valence-corrected chi connectivity index (χ1v) is 10.6. The highest BCUT2D eigenvalue weighted by Crippen LogP contribution is 2.38. The summed E-state index contributed by atoms with van der Waals surface area (Å²) in [5.74, 6) is -1.50. The third-order valence-corrected chi connectivity index (χ3v) is 5.87. The van der Waals surface area contributed by atoms with E-state index in [1.165, 1.54) is 4.90 Å². The molecule has 0 spiro atoms. The number of aliphatic hydroxyl groups excluding tert-OH is 1. The van der Waals surface area contributed by atoms with Gasteiger partial charge >= 0.3 is 0 Å². The number of amides is 1. The predicted molar refractivity (Wildman–Crippen MR) is 116 cm³/mol. The lowest BCUT2D eigenvalue weighted by molar-refractivity contribution is -0.895. The van der Waals surface area contributed by atoms with Crippen molar-refractivity contribution in [3.05, 3.63) is 77.5 Å². The average molecular weight is 420 g/mol. The van der Waals surface area contributed by atoms with Crippen molar-refractivity contribution in [1.29, 1.82) is 0 Å². The molecule has 31 heavy (non-hydrogen) atoms. The van der Waals surface area contributed by atoms with E-state index in [-0.39, 0.29) is 11.3 Å². The van der Waals surface area contributed by atoms with E-state index in [0.717, 1.165) is 18.5 Å². The maximum atomic E-state index is 13.4. The summed E-state index contributed by atoms with van der Waals surface area (Å²) in [4.78, 5) is 33.7. The van der Waals surface area contributed by atoms with Crippen molar-refractivity contribution in [3.63, 3.8) is 0 Å². The van der Waals surface area contributed by atoms with Crippen LogP contribution in [0.1, 0.15) is 36.1 Å². The second-order valence-corrected chi connectivity index (χ2v) is 7.60. The van der Waals surface area contributed by atoms with E-state index >= 15 is 0 Å². The first kappa shape index (κ1) is 20.8. The Labute approximate surface area is 180 Å². The number of carbonyl (C=O) groups is 2. The third kappa shape index (κ3) is 3.84. The maximum absolute atomic E-state index is 13.4. The number of quaternary nitrogens is 1. The third-order valence-electron chi connectivity index (χ3n) is 5.87. The van der Waals surface area contributed by atoms with Crippen LogP contribution in [0.25, 0.3) is 11.0 Å². The zero-order valence-electron chi connectivity index (χ0n) is 17.7. The number of pyridine rings is 1. The van der Waals surface area contributed by atoms with Gasteiger partial charge < -0.3 is 19.3 Å². The Hall–Kier alpha value is -3.45. The number of furan rings is 1. The van der Waals surface area contributed by atoms with E-state index in [0.29, 0.717) is 24.4 Å². The Morgan fingerprint density at radius 1 is 1.16 bits per heavy atom. The number of fused-ring (bicyclic) bond motifs is 1. The normalized spacial score (nSPS) is 16.7. The number of hydrogen-bond acceptors (Lipinski definition) is 5. The molecule has 0 radical (unpaired) electrons. The lowest BCUT2D eigenvalue weighted by Gasteiger charge is -2.27. The van der Waals surface area contributed by atoms with Crippen molar-refractivity contribution >= 4 is 22.7 Å². The molecule has 1 amide bonds. The van der Waals surface area contributed by atoms with Gasteiger partial charge in [0.25, 0.3) is 5.91 Å². The van der Waals surface area contributed by atoms with Crippen LogP contribution in [-0.2, 0) is 4.79 Å². The molecule has 4 rings (SSSR count). The first-order chi connectivity index (χ1) is 15.0. The molecule has 3 heterocycles. The Kier molecular flexibility index (Phi) is 5.86. The molecule has 7 nitrogen and oxygen atoms in total. The summed E-state index contributed by atoms with van der Waals surface area (Å²) < 4.78 is 5.73. The SMILES string of the molecule is CC[NH+](CC)CCN1C(=O)C(O)=C(C(=O)c2cc3ccccc3o2)[C@H]1c1ccccn1. The van der Waals surface area contributed by atoms with Gasteiger partial charge in [0, 0.05) is 11.6 Å². The Morgan fingerprint density at radius 2 is 1.90 bits per heavy atom. The standard InChI is InChI=1S/C24H25N3O4/c1-3-26(4-2)13-14-27-21(17-10-7-8-12-25-17)20(23(29)24(27)30)22(28)19-15-16-9-5-6-11-18(16)31-19/h5-12,15,21,29H,3-4,13-14H2,1-2H3/p+1/t21-/m1/s1. The number of nitrogens with one attached hydrogen (secondary N) is 1. The van der Waals surface area contributed by atoms with Crippen molar-refractivity contribution in [1.82, 2.24) is 9.88 Å². The monoisotopic (exact) mass is 420 g/mol. The van der Waals surface area contributed by atoms with Crippen molar-refractivity contribution < 1.29 is 24.0 Å². The van der Waals surface area contributed by atoms with Gasteiger partial charge in [0.05, 0.1) is 37.4 Å². The summed E-state index contributed by atoms with van der Waals surface area (Å²) in [6.07, 6.45) is 1.62. The molecule has 0 aliphatic carbocycles. The predicted octanol–water partition coefficient (Wildman–Crippen LogP) is 2.33. The molecule has 0 saturated carbocycles. The lowest BCUT2D eigenvalue weighted by atomic mass is 9.98. The second kappa shape index (κ2) is 8.73. The lowest BCUT2D eigenvalue weighted by Crippen LogP contribution is -3.12. The van der Waals surface area contributed by atoms with Gasteiger partial charge in [-0.05, 0) is 38.1 Å². The van der Waals surface area contributed by atoms with E-state index in [9.17, 15) is 14.7 Å². The van der Waals surface area contributed by atoms with E-state index in [1.54, 1.807) is 41.4 Å². The maximum Gasteiger partial charge on any atom is 0.290 e. The van der Waals surface area contributed by atoms with Gasteiger partial charge in [-0.15, -0.1) is 0 Å². The number of hydrogen-bond donors (Lipinski definition) is 2. The number of likely N-dealkylation sites (N-methyl/N-ethyl adjacent to an activating group) is 1. The number of aliphatic hydroxyl groups is 1. The van der Waals surface area contributed by atoms with Crippen molar-refractivity contribution in [3.8, 4) is 0 Å². The minimum absolute atomic E-state index is 0.0114. The number of aromatic nitrogens is 1. The Bertz CT molecular complexity index is 1100. The quantitative estimate of drug-likeness (QED) is 0.546. The van der Waals surface area contributed by atoms with Gasteiger partial charge in [-0.25, -0.2) is 0 Å². The number of carbonyl (C=O) groups excluding carboxylic acids is 2. The van der Waals surface area contributed by atoms with Crippen LogP contribution in [0.3, 0.4) is 0 Å². The topological polar surface area (TPSA) is 88.1 Å². The van der Waals surface area contributed by atoms with Crippen LogP contribution < -0.4 is 4.90 Å². The van der Waals surface area contributed by atoms with Crippen molar-refractivity contribution in [2.45, 2.75) is 19.9 Å². The molecule has 3 aromatic rings. The van der Waals surface area contributed by atoms with Crippen molar-refractivity contribution in [2.24, 2.45) is 0 Å². The van der Waals surface area contributed by atoms with Crippen molar-refractivity contribution in [2.75, 3.05) is 26.2 Å². The molecule has 0 fully saturated rings. The van der Waals surface area contributed by atoms with Gasteiger partial charge in [0.2, 0.25) is 5.78 Å². The molecule has 0 unspecified atom stereocenters. The van der Waals surface area contributed by atoms with E-state index < -0.39 is 23.5 Å². The fourth-order valence-electron chi connectivity index (χ4n) is 4.07. The van der Waals surface area contributed by atoms with Crippen LogP contribution in [0.15, 0.2) is 70.5 Å². The number of rotatable bonds is 8. The van der Waals surface area contributed by atoms with Crippen LogP contribution in [0.4, 0.5) is 0 Å². The second-order valence-electron chi connectivity index (χ2n) is 7.60. The highest BCUT2D eigenvalue weighted by atomic mass is 16.3. The molecular formula is C24H26N3O4+. The molecule has 1 aliphatic heterocycles. The van der Waals surface area contributed by atoms with Gasteiger partial charge in [-0.3, -0.25) is 14.6 Å². The van der Waals surface area contributed by atoms with Crippen LogP contribution in [0, 0.1) is 0 Å². The number of ketones is 1. The molecular weight excluding hydrogens is 394 g/mol. The number of benzene rings is 1. The van der Waals surface area contributed by atoms with Crippen LogP contribution in [-0.4, -0.2) is 52.9 Å². The fourth-order valence-corrected chi connectivity index (χ4v) is 4.07. The Morgan fingerprint density at radius 3 is 2.58 bits per heavy atom. The smallest absolute Gasteiger partial charge is 0.290 e. The summed E-state index contributed by atoms with van der Waals surface area (Å²) in [5, 5.41) is 11.5. The minimum atomic E-state index is -0.760. The summed E-state index contributed by atoms with van der Waals surface area (Å²) >= 11 is 0. The summed E-state index contributed by atoms with van der Waals surface area (Å²) in [6.45, 7) is 7.15. The van der Waals surface area contributed by atoms with E-state index in [4.69, 9.17) is 4.42 Å². The molecule has 2 aromatic heterocycles. The highest BCUT2D eigenvalue weighted by Gasteiger charge is 2.45. The van der Waals surface area contributed by atoms with E-state index in [2.05, 4.69) is 18.8 Å². The van der Waals surface area contributed by atoms with Gasteiger partial charge in [0.15, 0.2) is 11.5 Å². The van der Waals surface area contributed by atoms with Gasteiger partial charge in [-0.1, -0.05) is 24.3 Å². The summed E-state index contributed by atoms with van der Waals surface area (Å²) in [6, 6.07) is 13.5.